The first-order chi connectivity index (χ1) is 9.81. The van der Waals surface area contributed by atoms with Gasteiger partial charge in [-0.3, -0.25) is 0 Å². The minimum absolute atomic E-state index is 0.320. The van der Waals surface area contributed by atoms with Crippen molar-refractivity contribution in [3.05, 3.63) is 65.3 Å². The van der Waals surface area contributed by atoms with Gasteiger partial charge in [-0.2, -0.15) is 0 Å². The molecule has 98 valence electrons. The first kappa shape index (κ1) is 12.6. The van der Waals surface area contributed by atoms with Gasteiger partial charge in [-0.1, -0.05) is 71.4 Å². The summed E-state index contributed by atoms with van der Waals surface area (Å²) in [4.78, 5) is 4.45. The summed E-state index contributed by atoms with van der Waals surface area (Å²) in [6, 6.07) is 17.6. The third kappa shape index (κ3) is 2.12. The smallest absolute Gasteiger partial charge is 0.139 e. The normalized spacial score (nSPS) is 11.2. The van der Waals surface area contributed by atoms with Gasteiger partial charge in [-0.25, -0.2) is 4.98 Å². The van der Waals surface area contributed by atoms with E-state index in [1.54, 1.807) is 0 Å². The summed E-state index contributed by atoms with van der Waals surface area (Å²) in [5.41, 5.74) is 2.43. The molecule has 0 fully saturated rings. The highest BCUT2D eigenvalue weighted by Gasteiger charge is 2.12. The molecule has 0 unspecified atom stereocenters. The van der Waals surface area contributed by atoms with Crippen LogP contribution in [0.1, 0.15) is 5.56 Å². The van der Waals surface area contributed by atoms with E-state index < -0.39 is 0 Å². The van der Waals surface area contributed by atoms with E-state index >= 15 is 0 Å². The number of aromatic nitrogens is 1. The average Bonchev–Trinajstić information content (AvgIpc) is 2.51. The van der Waals surface area contributed by atoms with Gasteiger partial charge in [0.15, 0.2) is 0 Å². The first-order valence-electron chi connectivity index (χ1n) is 6.12. The van der Waals surface area contributed by atoms with Crippen LogP contribution >= 0.6 is 11.6 Å². The molecule has 1 heterocycles. The van der Waals surface area contributed by atoms with Gasteiger partial charge in [0.05, 0.1) is 11.9 Å². The number of oxime groups is 1. The first-order valence-corrected chi connectivity index (χ1v) is 6.50. The molecular weight excluding hydrogens is 272 g/mol. The Labute approximate surface area is 121 Å². The second-order valence-electron chi connectivity index (χ2n) is 4.32. The van der Waals surface area contributed by atoms with Gasteiger partial charge < -0.3 is 5.21 Å². The summed E-state index contributed by atoms with van der Waals surface area (Å²) in [5.74, 6) is 0. The lowest BCUT2D eigenvalue weighted by Crippen LogP contribution is -1.94. The van der Waals surface area contributed by atoms with Gasteiger partial charge in [0, 0.05) is 16.5 Å². The lowest BCUT2D eigenvalue weighted by Gasteiger charge is -2.10. The van der Waals surface area contributed by atoms with Crippen molar-refractivity contribution in [3.63, 3.8) is 0 Å². The Kier molecular flexibility index (Phi) is 3.35. The number of benzene rings is 2. The zero-order chi connectivity index (χ0) is 13.9. The van der Waals surface area contributed by atoms with Crippen LogP contribution in [0.15, 0.2) is 59.8 Å². The molecule has 0 radical (unpaired) electrons. The van der Waals surface area contributed by atoms with Crippen LogP contribution in [0, 0.1) is 0 Å². The van der Waals surface area contributed by atoms with Gasteiger partial charge in [-0.05, 0) is 5.39 Å². The number of fused-ring (bicyclic) bond motifs is 1. The molecule has 0 spiro atoms. The van der Waals surface area contributed by atoms with E-state index in [0.29, 0.717) is 10.7 Å². The minimum Gasteiger partial charge on any atom is -0.411 e. The third-order valence-corrected chi connectivity index (χ3v) is 3.43. The Morgan fingerprint density at radius 2 is 1.60 bits per heavy atom. The Morgan fingerprint density at radius 1 is 0.950 bits per heavy atom. The quantitative estimate of drug-likeness (QED) is 0.328. The summed E-state index contributed by atoms with van der Waals surface area (Å²) in [7, 11) is 0. The Morgan fingerprint density at radius 3 is 2.30 bits per heavy atom. The molecule has 0 atom stereocenters. The molecule has 0 amide bonds. The second-order valence-corrected chi connectivity index (χ2v) is 4.68. The van der Waals surface area contributed by atoms with Crippen molar-refractivity contribution in [2.75, 3.05) is 0 Å². The van der Waals surface area contributed by atoms with Crippen LogP contribution in [0.5, 0.6) is 0 Å². The predicted octanol–water partition coefficient (Wildman–Crippen LogP) is 4.36. The minimum atomic E-state index is 0.320. The summed E-state index contributed by atoms with van der Waals surface area (Å²) < 4.78 is 0. The zero-order valence-electron chi connectivity index (χ0n) is 10.5. The van der Waals surface area contributed by atoms with Crippen LogP contribution in [0.4, 0.5) is 0 Å². The van der Waals surface area contributed by atoms with Gasteiger partial charge in [-0.15, -0.1) is 0 Å². The number of hydrogen-bond acceptors (Lipinski definition) is 3. The number of rotatable bonds is 2. The van der Waals surface area contributed by atoms with Crippen LogP contribution in [-0.4, -0.2) is 16.4 Å². The average molecular weight is 283 g/mol. The lowest BCUT2D eigenvalue weighted by atomic mass is 10.0. The molecule has 20 heavy (non-hydrogen) atoms. The third-order valence-electron chi connectivity index (χ3n) is 3.14. The molecule has 1 aromatic heterocycles. The molecule has 0 saturated heterocycles. The van der Waals surface area contributed by atoms with Crippen molar-refractivity contribution in [1.29, 1.82) is 0 Å². The highest BCUT2D eigenvalue weighted by molar-refractivity contribution is 6.33. The molecule has 4 heteroatoms. The van der Waals surface area contributed by atoms with Gasteiger partial charge in [0.1, 0.15) is 5.15 Å². The SMILES string of the molecule is O/N=C\c1c(Cl)nc(-c2ccccc2)c2ccccc12. The highest BCUT2D eigenvalue weighted by Crippen LogP contribution is 2.31. The summed E-state index contributed by atoms with van der Waals surface area (Å²) in [5, 5.41) is 14.0. The standard InChI is InChI=1S/C16H11ClN2O/c17-16-14(10-18-20)12-8-4-5-9-13(12)15(19-16)11-6-2-1-3-7-11/h1-10,20H/b18-10-. The maximum Gasteiger partial charge on any atom is 0.139 e. The van der Waals surface area contributed by atoms with Gasteiger partial charge in [0.25, 0.3) is 0 Å². The lowest BCUT2D eigenvalue weighted by molar-refractivity contribution is 0.322. The molecule has 0 aliphatic carbocycles. The van der Waals surface area contributed by atoms with Crippen molar-refractivity contribution in [2.24, 2.45) is 5.16 Å². The molecule has 3 rings (SSSR count). The fourth-order valence-corrected chi connectivity index (χ4v) is 2.49. The van der Waals surface area contributed by atoms with Crippen molar-refractivity contribution < 1.29 is 5.21 Å². The Bertz CT molecular complexity index is 785. The molecule has 1 N–H and O–H groups in total. The number of halogens is 1. The summed E-state index contributed by atoms with van der Waals surface area (Å²) in [6.07, 6.45) is 1.31. The van der Waals surface area contributed by atoms with Crippen LogP contribution in [-0.2, 0) is 0 Å². The van der Waals surface area contributed by atoms with Gasteiger partial charge >= 0.3 is 0 Å². The van der Waals surface area contributed by atoms with Crippen molar-refractivity contribution >= 4 is 28.6 Å². The van der Waals surface area contributed by atoms with E-state index in [1.807, 2.05) is 54.6 Å². The highest BCUT2D eigenvalue weighted by atomic mass is 35.5. The van der Waals surface area contributed by atoms with E-state index in [1.165, 1.54) is 6.21 Å². The molecule has 3 aromatic rings. The fraction of sp³-hybridized carbons (Fsp3) is 0. The van der Waals surface area contributed by atoms with E-state index in [4.69, 9.17) is 16.8 Å². The predicted molar refractivity (Wildman–Crippen MR) is 81.6 cm³/mol. The molecular formula is C16H11ClN2O. The van der Waals surface area contributed by atoms with Crippen molar-refractivity contribution in [2.45, 2.75) is 0 Å². The number of hydrogen-bond donors (Lipinski definition) is 1. The van der Waals surface area contributed by atoms with Crippen molar-refractivity contribution in [3.8, 4) is 11.3 Å². The zero-order valence-corrected chi connectivity index (χ0v) is 11.2. The second kappa shape index (κ2) is 5.31. The summed E-state index contributed by atoms with van der Waals surface area (Å²) >= 11 is 6.22. The Balaban J connectivity index is 2.38. The van der Waals surface area contributed by atoms with E-state index in [9.17, 15) is 0 Å². The monoisotopic (exact) mass is 282 g/mol. The van der Waals surface area contributed by atoms with E-state index in [2.05, 4.69) is 10.1 Å². The largest absolute Gasteiger partial charge is 0.411 e. The van der Waals surface area contributed by atoms with Crippen LogP contribution in [0.25, 0.3) is 22.0 Å². The molecule has 0 aliphatic rings. The topological polar surface area (TPSA) is 45.5 Å². The van der Waals surface area contributed by atoms with E-state index in [0.717, 1.165) is 22.0 Å². The molecule has 0 bridgehead atoms. The summed E-state index contributed by atoms with van der Waals surface area (Å²) in [6.45, 7) is 0. The van der Waals surface area contributed by atoms with Crippen LogP contribution < -0.4 is 0 Å². The molecule has 0 aliphatic heterocycles. The molecule has 3 nitrogen and oxygen atoms in total. The molecule has 0 saturated carbocycles. The molecule has 2 aromatic carbocycles. The maximum atomic E-state index is 8.77. The van der Waals surface area contributed by atoms with Crippen molar-refractivity contribution in [1.82, 2.24) is 4.98 Å². The Hall–Kier alpha value is -2.39. The van der Waals surface area contributed by atoms with Crippen LogP contribution in [0.3, 0.4) is 0 Å². The number of nitrogens with zero attached hydrogens (tertiary/aromatic N) is 2. The van der Waals surface area contributed by atoms with Gasteiger partial charge in [0.2, 0.25) is 0 Å². The van der Waals surface area contributed by atoms with E-state index in [-0.39, 0.29) is 0 Å². The maximum absolute atomic E-state index is 8.77. The number of pyridine rings is 1. The van der Waals surface area contributed by atoms with Crippen LogP contribution in [0.2, 0.25) is 5.15 Å². The fourth-order valence-electron chi connectivity index (χ4n) is 2.25.